The van der Waals surface area contributed by atoms with Crippen LogP contribution >= 0.6 is 0 Å². The fourth-order valence-corrected chi connectivity index (χ4v) is 3.37. The molecule has 4 unspecified atom stereocenters. The van der Waals surface area contributed by atoms with Gasteiger partial charge in [-0.15, -0.1) is 0 Å². The average molecular weight is 509 g/mol. The molecule has 1 aliphatic heterocycles. The number of nitro benzene ring substituents is 1. The summed E-state index contributed by atoms with van der Waals surface area (Å²) in [5, 5.41) is 11.4. The van der Waals surface area contributed by atoms with Gasteiger partial charge >= 0.3 is 23.9 Å². The highest BCUT2D eigenvalue weighted by Crippen LogP contribution is 2.30. The smallest absolute Gasteiger partial charge is 0.373 e. The lowest BCUT2D eigenvalue weighted by molar-refractivity contribution is -0.385. The molecule has 196 valence electrons. The Bertz CT molecular complexity index is 1020. The standard InChI is InChI=1S/C23H27NO12/c1-5-31-23(28)19(10-16-8-6-7-9-17(16)24(29)30)35-21-11-18(33-14(3)26)22(34-15(4)27)20(36-21)12-32-13(2)25/h6-10,18,20-22H,5,11-12H2,1-4H3/b19-10-. The van der Waals surface area contributed by atoms with Crippen molar-refractivity contribution in [1.82, 2.24) is 0 Å². The predicted molar refractivity (Wildman–Crippen MR) is 120 cm³/mol. The highest BCUT2D eigenvalue weighted by atomic mass is 16.7. The minimum atomic E-state index is -1.28. The molecule has 0 N–H and O–H groups in total. The molecular weight excluding hydrogens is 482 g/mol. The van der Waals surface area contributed by atoms with E-state index in [1.54, 1.807) is 6.92 Å². The molecule has 0 spiro atoms. The number of ether oxygens (including phenoxy) is 6. The van der Waals surface area contributed by atoms with E-state index in [-0.39, 0.29) is 30.9 Å². The first-order valence-corrected chi connectivity index (χ1v) is 10.9. The molecule has 1 fully saturated rings. The second kappa shape index (κ2) is 13.2. The predicted octanol–water partition coefficient (Wildman–Crippen LogP) is 2.06. The van der Waals surface area contributed by atoms with Crippen LogP contribution in [0.4, 0.5) is 5.69 Å². The molecule has 4 atom stereocenters. The molecule has 13 nitrogen and oxygen atoms in total. The Morgan fingerprint density at radius 2 is 1.69 bits per heavy atom. The van der Waals surface area contributed by atoms with Crippen molar-refractivity contribution < 1.29 is 52.5 Å². The zero-order valence-electron chi connectivity index (χ0n) is 20.2. The number of nitro groups is 1. The molecule has 0 bridgehead atoms. The van der Waals surface area contributed by atoms with Crippen LogP contribution in [0, 0.1) is 10.1 Å². The lowest BCUT2D eigenvalue weighted by Gasteiger charge is -2.39. The van der Waals surface area contributed by atoms with E-state index in [0.29, 0.717) is 0 Å². The van der Waals surface area contributed by atoms with Gasteiger partial charge in [0.25, 0.3) is 5.69 Å². The van der Waals surface area contributed by atoms with Crippen LogP contribution in [0.25, 0.3) is 6.08 Å². The number of benzene rings is 1. The van der Waals surface area contributed by atoms with Crippen LogP contribution in [0.5, 0.6) is 0 Å². The molecule has 13 heteroatoms. The van der Waals surface area contributed by atoms with Crippen molar-refractivity contribution in [3.63, 3.8) is 0 Å². The number of nitrogens with zero attached hydrogens (tertiary/aromatic N) is 1. The molecule has 0 saturated carbocycles. The highest BCUT2D eigenvalue weighted by molar-refractivity contribution is 5.92. The largest absolute Gasteiger partial charge is 0.463 e. The van der Waals surface area contributed by atoms with Crippen LogP contribution in [0.2, 0.25) is 0 Å². The fourth-order valence-electron chi connectivity index (χ4n) is 3.37. The molecule has 0 aromatic heterocycles. The van der Waals surface area contributed by atoms with Crippen molar-refractivity contribution in [1.29, 1.82) is 0 Å². The molecule has 0 amide bonds. The second-order valence-electron chi connectivity index (χ2n) is 7.53. The third-order valence-electron chi connectivity index (χ3n) is 4.71. The lowest BCUT2D eigenvalue weighted by atomic mass is 10.0. The van der Waals surface area contributed by atoms with E-state index in [2.05, 4.69) is 0 Å². The summed E-state index contributed by atoms with van der Waals surface area (Å²) in [5.41, 5.74) is -0.222. The van der Waals surface area contributed by atoms with Crippen molar-refractivity contribution in [3.8, 4) is 0 Å². The molecule has 1 saturated heterocycles. The maximum Gasteiger partial charge on any atom is 0.373 e. The van der Waals surface area contributed by atoms with E-state index < -0.39 is 59.2 Å². The van der Waals surface area contributed by atoms with Gasteiger partial charge in [-0.25, -0.2) is 4.79 Å². The molecule has 0 radical (unpaired) electrons. The molecule has 36 heavy (non-hydrogen) atoms. The normalized spacial score (nSPS) is 21.6. The van der Waals surface area contributed by atoms with E-state index in [4.69, 9.17) is 28.4 Å². The van der Waals surface area contributed by atoms with E-state index >= 15 is 0 Å². The Balaban J connectivity index is 2.42. The molecule has 2 rings (SSSR count). The first-order chi connectivity index (χ1) is 17.0. The quantitative estimate of drug-likeness (QED) is 0.113. The van der Waals surface area contributed by atoms with Gasteiger partial charge in [0.1, 0.15) is 18.8 Å². The fraction of sp³-hybridized carbons (Fsp3) is 0.478. The Morgan fingerprint density at radius 3 is 2.28 bits per heavy atom. The number of para-hydroxylation sites is 1. The molecule has 1 aliphatic rings. The summed E-state index contributed by atoms with van der Waals surface area (Å²) in [7, 11) is 0. The van der Waals surface area contributed by atoms with Crippen molar-refractivity contribution in [2.45, 2.75) is 58.7 Å². The highest BCUT2D eigenvalue weighted by Gasteiger charge is 2.45. The van der Waals surface area contributed by atoms with Crippen LogP contribution in [-0.2, 0) is 47.6 Å². The summed E-state index contributed by atoms with van der Waals surface area (Å²) < 4.78 is 32.0. The number of carbonyl (C=O) groups excluding carboxylic acids is 4. The monoisotopic (exact) mass is 509 g/mol. The second-order valence-corrected chi connectivity index (χ2v) is 7.53. The van der Waals surface area contributed by atoms with Crippen LogP contribution in [0.15, 0.2) is 30.0 Å². The van der Waals surface area contributed by atoms with Gasteiger partial charge < -0.3 is 28.4 Å². The van der Waals surface area contributed by atoms with Crippen LogP contribution in [-0.4, -0.2) is 66.6 Å². The van der Waals surface area contributed by atoms with Crippen molar-refractivity contribution >= 4 is 35.6 Å². The summed E-state index contributed by atoms with van der Waals surface area (Å²) in [6.45, 7) is 4.62. The van der Waals surface area contributed by atoms with E-state index in [0.717, 1.165) is 26.8 Å². The summed E-state index contributed by atoms with van der Waals surface area (Å²) in [6.07, 6.45) is -3.70. The summed E-state index contributed by atoms with van der Waals surface area (Å²) in [4.78, 5) is 58.1. The summed E-state index contributed by atoms with van der Waals surface area (Å²) in [5.74, 6) is -3.38. The van der Waals surface area contributed by atoms with E-state index in [1.807, 2.05) is 0 Å². The van der Waals surface area contributed by atoms with Crippen molar-refractivity contribution in [2.75, 3.05) is 13.2 Å². The number of carbonyl (C=O) groups is 4. The Hall–Kier alpha value is -4.00. The van der Waals surface area contributed by atoms with Gasteiger partial charge in [0.05, 0.1) is 23.5 Å². The molecule has 1 aromatic carbocycles. The van der Waals surface area contributed by atoms with Gasteiger partial charge in [-0.2, -0.15) is 0 Å². The number of rotatable bonds is 10. The average Bonchev–Trinajstić information content (AvgIpc) is 2.78. The minimum absolute atomic E-state index is 0.0123. The minimum Gasteiger partial charge on any atom is -0.463 e. The van der Waals surface area contributed by atoms with Gasteiger partial charge in [0, 0.05) is 32.9 Å². The number of hydrogen-bond acceptors (Lipinski definition) is 12. The van der Waals surface area contributed by atoms with Gasteiger partial charge in [-0.3, -0.25) is 24.5 Å². The maximum atomic E-state index is 12.6. The summed E-state index contributed by atoms with van der Waals surface area (Å²) >= 11 is 0. The van der Waals surface area contributed by atoms with Crippen LogP contribution in [0.1, 0.15) is 39.7 Å². The third-order valence-corrected chi connectivity index (χ3v) is 4.71. The summed E-state index contributed by atoms with van der Waals surface area (Å²) in [6, 6.07) is 5.66. The van der Waals surface area contributed by atoms with Crippen LogP contribution < -0.4 is 0 Å². The zero-order chi connectivity index (χ0) is 26.8. The zero-order valence-corrected chi connectivity index (χ0v) is 20.2. The topological polar surface area (TPSA) is 167 Å². The van der Waals surface area contributed by atoms with Gasteiger partial charge in [-0.1, -0.05) is 12.1 Å². The van der Waals surface area contributed by atoms with Crippen molar-refractivity contribution in [2.24, 2.45) is 0 Å². The Kier molecular flexibility index (Phi) is 10.3. The third kappa shape index (κ3) is 8.34. The molecule has 1 heterocycles. The SMILES string of the molecule is CCOC(=O)/C(=C/c1ccccc1[N+](=O)[O-])OC1CC(OC(C)=O)C(OC(C)=O)C(COC(C)=O)O1. The Labute approximate surface area is 206 Å². The van der Waals surface area contributed by atoms with Gasteiger partial charge in [0.2, 0.25) is 12.0 Å². The van der Waals surface area contributed by atoms with Crippen LogP contribution in [0.3, 0.4) is 0 Å². The Morgan fingerprint density at radius 1 is 1.03 bits per heavy atom. The van der Waals surface area contributed by atoms with E-state index in [9.17, 15) is 29.3 Å². The number of esters is 4. The number of hydrogen-bond donors (Lipinski definition) is 0. The lowest BCUT2D eigenvalue weighted by Crippen LogP contribution is -2.54. The van der Waals surface area contributed by atoms with E-state index in [1.165, 1.54) is 24.3 Å². The van der Waals surface area contributed by atoms with Gasteiger partial charge in [-0.05, 0) is 13.0 Å². The first kappa shape index (κ1) is 28.2. The molecule has 1 aromatic rings. The first-order valence-electron chi connectivity index (χ1n) is 10.9. The molecular formula is C23H27NO12. The molecule has 0 aliphatic carbocycles. The van der Waals surface area contributed by atoms with Crippen molar-refractivity contribution in [3.05, 3.63) is 45.7 Å². The maximum absolute atomic E-state index is 12.6. The van der Waals surface area contributed by atoms with Gasteiger partial charge in [0.15, 0.2) is 6.10 Å².